The first kappa shape index (κ1) is 13.9. The third-order valence-electron chi connectivity index (χ3n) is 2.15. The molecule has 0 bridgehead atoms. The molecule has 0 fully saturated rings. The van der Waals surface area contributed by atoms with Gasteiger partial charge in [0.05, 0.1) is 6.04 Å². The number of nitrogens with two attached hydrogens (primary N) is 3. The molecule has 1 atom stereocenters. The zero-order valence-corrected chi connectivity index (χ0v) is 9.57. The molecule has 0 aliphatic rings. The Morgan fingerprint density at radius 3 is 2.33 bits per heavy atom. The number of hydrogen-bond donors (Lipinski definition) is 3. The fraction of sp³-hybridized carbons (Fsp3) is 0.800. The van der Waals surface area contributed by atoms with Gasteiger partial charge < -0.3 is 17.2 Å². The Bertz CT molecular complexity index is 221. The molecule has 0 unspecified atom stereocenters. The van der Waals surface area contributed by atoms with E-state index in [9.17, 15) is 4.79 Å². The maximum Gasteiger partial charge on any atom is 0.185 e. The van der Waals surface area contributed by atoms with Gasteiger partial charge in [-0.25, -0.2) is 0 Å². The summed E-state index contributed by atoms with van der Waals surface area (Å²) in [7, 11) is 0. The molecule has 5 nitrogen and oxygen atoms in total. The number of carbonyl (C=O) groups excluding carboxylic acids is 1. The van der Waals surface area contributed by atoms with Crippen molar-refractivity contribution in [3.8, 4) is 0 Å². The average Bonchev–Trinajstić information content (AvgIpc) is 2.15. The van der Waals surface area contributed by atoms with Gasteiger partial charge in [0, 0.05) is 12.5 Å². The van der Waals surface area contributed by atoms with Crippen molar-refractivity contribution in [2.45, 2.75) is 39.2 Å². The van der Waals surface area contributed by atoms with Gasteiger partial charge in [0.2, 0.25) is 0 Å². The van der Waals surface area contributed by atoms with Crippen molar-refractivity contribution in [2.75, 3.05) is 6.54 Å². The molecular formula is C10H22N4O. The fourth-order valence-corrected chi connectivity index (χ4v) is 1.25. The van der Waals surface area contributed by atoms with Gasteiger partial charge in [-0.05, 0) is 19.3 Å². The monoisotopic (exact) mass is 214 g/mol. The maximum atomic E-state index is 11.4. The predicted octanol–water partition coefficient (Wildman–Crippen LogP) is -0.0175. The number of ketones is 1. The van der Waals surface area contributed by atoms with Crippen LogP contribution in [-0.2, 0) is 4.79 Å². The molecule has 5 heteroatoms. The normalized spacial score (nSPS) is 12.5. The second kappa shape index (κ2) is 7.23. The van der Waals surface area contributed by atoms with E-state index in [1.165, 1.54) is 0 Å². The Morgan fingerprint density at radius 1 is 1.27 bits per heavy atom. The Hall–Kier alpha value is -1.10. The molecule has 0 aliphatic carbocycles. The van der Waals surface area contributed by atoms with Crippen LogP contribution in [0.25, 0.3) is 0 Å². The van der Waals surface area contributed by atoms with Gasteiger partial charge in [0.1, 0.15) is 0 Å². The van der Waals surface area contributed by atoms with E-state index in [0.29, 0.717) is 13.0 Å². The summed E-state index contributed by atoms with van der Waals surface area (Å²) in [5.41, 5.74) is 16.1. The molecule has 0 aromatic rings. The van der Waals surface area contributed by atoms with E-state index in [1.807, 2.05) is 13.8 Å². The van der Waals surface area contributed by atoms with Gasteiger partial charge in [-0.2, -0.15) is 0 Å². The van der Waals surface area contributed by atoms with E-state index in [4.69, 9.17) is 17.2 Å². The SMILES string of the molecule is CC(C)C(=O)[C@@H](N)CCCCN=C(N)N. The van der Waals surface area contributed by atoms with Crippen molar-refractivity contribution in [1.29, 1.82) is 0 Å². The lowest BCUT2D eigenvalue weighted by Crippen LogP contribution is -2.33. The van der Waals surface area contributed by atoms with E-state index in [0.717, 1.165) is 12.8 Å². The number of hydrogen-bond acceptors (Lipinski definition) is 3. The van der Waals surface area contributed by atoms with Crippen LogP contribution in [-0.4, -0.2) is 24.3 Å². The van der Waals surface area contributed by atoms with E-state index < -0.39 is 0 Å². The smallest absolute Gasteiger partial charge is 0.185 e. The van der Waals surface area contributed by atoms with Crippen molar-refractivity contribution in [1.82, 2.24) is 0 Å². The minimum Gasteiger partial charge on any atom is -0.370 e. The van der Waals surface area contributed by atoms with Gasteiger partial charge in [0.15, 0.2) is 11.7 Å². The molecule has 0 rings (SSSR count). The molecule has 0 aromatic heterocycles. The highest BCUT2D eigenvalue weighted by Crippen LogP contribution is 2.05. The zero-order valence-electron chi connectivity index (χ0n) is 9.57. The van der Waals surface area contributed by atoms with Gasteiger partial charge in [-0.3, -0.25) is 9.79 Å². The summed E-state index contributed by atoms with van der Waals surface area (Å²) in [4.78, 5) is 15.3. The first-order valence-corrected chi connectivity index (χ1v) is 5.29. The van der Waals surface area contributed by atoms with Crippen LogP contribution in [0.3, 0.4) is 0 Å². The maximum absolute atomic E-state index is 11.4. The van der Waals surface area contributed by atoms with Crippen LogP contribution in [0.1, 0.15) is 33.1 Å². The zero-order chi connectivity index (χ0) is 11.8. The number of aliphatic imine (C=N–C) groups is 1. The summed E-state index contributed by atoms with van der Waals surface area (Å²) >= 11 is 0. The highest BCUT2D eigenvalue weighted by Gasteiger charge is 2.15. The minimum absolute atomic E-state index is 0.0118. The molecule has 0 saturated heterocycles. The molecule has 15 heavy (non-hydrogen) atoms. The Kier molecular flexibility index (Phi) is 6.70. The number of guanidine groups is 1. The van der Waals surface area contributed by atoms with E-state index in [2.05, 4.69) is 4.99 Å². The molecule has 0 aromatic carbocycles. The minimum atomic E-state index is -0.343. The van der Waals surface area contributed by atoms with Crippen molar-refractivity contribution < 1.29 is 4.79 Å². The van der Waals surface area contributed by atoms with Crippen LogP contribution in [0.4, 0.5) is 0 Å². The largest absolute Gasteiger partial charge is 0.370 e. The lowest BCUT2D eigenvalue weighted by molar-refractivity contribution is -0.123. The molecule has 88 valence electrons. The Morgan fingerprint density at radius 2 is 1.87 bits per heavy atom. The van der Waals surface area contributed by atoms with Crippen molar-refractivity contribution in [3.05, 3.63) is 0 Å². The average molecular weight is 214 g/mol. The number of rotatable bonds is 7. The standard InChI is InChI=1S/C10H22N4O/c1-7(2)9(15)8(11)5-3-4-6-14-10(12)13/h7-8H,3-6,11H2,1-2H3,(H4,12,13,14)/t8-/m0/s1. The number of carbonyl (C=O) groups is 1. The highest BCUT2D eigenvalue weighted by atomic mass is 16.1. The summed E-state index contributed by atoms with van der Waals surface area (Å²) in [6.07, 6.45) is 2.43. The van der Waals surface area contributed by atoms with E-state index >= 15 is 0 Å². The second-order valence-electron chi connectivity index (χ2n) is 3.97. The summed E-state index contributed by atoms with van der Waals surface area (Å²) in [5.74, 6) is 0.243. The predicted molar refractivity (Wildman–Crippen MR) is 62.3 cm³/mol. The molecule has 0 spiro atoms. The second-order valence-corrected chi connectivity index (χ2v) is 3.97. The molecular weight excluding hydrogens is 192 g/mol. The quantitative estimate of drug-likeness (QED) is 0.314. The highest BCUT2D eigenvalue weighted by molar-refractivity contribution is 5.85. The van der Waals surface area contributed by atoms with Crippen LogP contribution in [0.5, 0.6) is 0 Å². The lowest BCUT2D eigenvalue weighted by Gasteiger charge is -2.12. The molecule has 6 N–H and O–H groups in total. The lowest BCUT2D eigenvalue weighted by atomic mass is 9.98. The van der Waals surface area contributed by atoms with Crippen molar-refractivity contribution >= 4 is 11.7 Å². The number of Topliss-reactive ketones (excluding diaryl/α,β-unsaturated/α-hetero) is 1. The first-order chi connectivity index (χ1) is 6.95. The van der Waals surface area contributed by atoms with E-state index in [-0.39, 0.29) is 23.7 Å². The summed E-state index contributed by atoms with van der Waals surface area (Å²) in [6.45, 7) is 4.33. The van der Waals surface area contributed by atoms with E-state index in [1.54, 1.807) is 0 Å². The Labute approximate surface area is 91.1 Å². The van der Waals surface area contributed by atoms with Crippen molar-refractivity contribution in [3.63, 3.8) is 0 Å². The number of nitrogens with zero attached hydrogens (tertiary/aromatic N) is 1. The number of unbranched alkanes of at least 4 members (excludes halogenated alkanes) is 1. The topological polar surface area (TPSA) is 107 Å². The summed E-state index contributed by atoms with van der Waals surface area (Å²) in [6, 6.07) is -0.343. The molecule has 0 radical (unpaired) electrons. The van der Waals surface area contributed by atoms with Crippen LogP contribution >= 0.6 is 0 Å². The van der Waals surface area contributed by atoms with Gasteiger partial charge in [-0.15, -0.1) is 0 Å². The van der Waals surface area contributed by atoms with Crippen LogP contribution < -0.4 is 17.2 Å². The van der Waals surface area contributed by atoms with Crippen LogP contribution in [0, 0.1) is 5.92 Å². The molecule has 0 saturated carbocycles. The van der Waals surface area contributed by atoms with Crippen LogP contribution in [0.15, 0.2) is 4.99 Å². The Balaban J connectivity index is 3.60. The molecule has 0 heterocycles. The van der Waals surface area contributed by atoms with Gasteiger partial charge >= 0.3 is 0 Å². The third kappa shape index (κ3) is 6.90. The molecule has 0 aliphatic heterocycles. The fourth-order valence-electron chi connectivity index (χ4n) is 1.25. The third-order valence-corrected chi connectivity index (χ3v) is 2.15. The van der Waals surface area contributed by atoms with Crippen molar-refractivity contribution in [2.24, 2.45) is 28.1 Å². The first-order valence-electron chi connectivity index (χ1n) is 5.29. The van der Waals surface area contributed by atoms with Gasteiger partial charge in [-0.1, -0.05) is 13.8 Å². The summed E-state index contributed by atoms with van der Waals surface area (Å²) in [5, 5.41) is 0. The summed E-state index contributed by atoms with van der Waals surface area (Å²) < 4.78 is 0. The molecule has 0 amide bonds. The van der Waals surface area contributed by atoms with Crippen LogP contribution in [0.2, 0.25) is 0 Å². The van der Waals surface area contributed by atoms with Gasteiger partial charge in [0.25, 0.3) is 0 Å².